The van der Waals surface area contributed by atoms with Crippen LogP contribution in [0.4, 0.5) is 0 Å². The second kappa shape index (κ2) is 5.15. The van der Waals surface area contributed by atoms with E-state index in [1.807, 2.05) is 0 Å². The summed E-state index contributed by atoms with van der Waals surface area (Å²) in [6.45, 7) is 7.43. The SMILES string of the molecule is CC1CN(C2CCCNC(=O)C2)C(C)CN1. The second-order valence-corrected chi connectivity index (χ2v) is 5.21. The van der Waals surface area contributed by atoms with Gasteiger partial charge in [0.05, 0.1) is 0 Å². The molecule has 92 valence electrons. The minimum Gasteiger partial charge on any atom is -0.356 e. The van der Waals surface area contributed by atoms with Crippen LogP contribution in [0.25, 0.3) is 0 Å². The van der Waals surface area contributed by atoms with Gasteiger partial charge in [-0.15, -0.1) is 0 Å². The van der Waals surface area contributed by atoms with E-state index in [2.05, 4.69) is 29.4 Å². The van der Waals surface area contributed by atoms with Crippen LogP contribution in [-0.4, -0.2) is 48.6 Å². The molecule has 0 bridgehead atoms. The number of hydrogen-bond donors (Lipinski definition) is 2. The fraction of sp³-hybridized carbons (Fsp3) is 0.917. The van der Waals surface area contributed by atoms with Gasteiger partial charge in [-0.25, -0.2) is 0 Å². The molecule has 2 fully saturated rings. The Morgan fingerprint density at radius 3 is 3.00 bits per heavy atom. The van der Waals surface area contributed by atoms with Crippen LogP contribution in [0.2, 0.25) is 0 Å². The van der Waals surface area contributed by atoms with Crippen molar-refractivity contribution in [1.29, 1.82) is 0 Å². The molecular weight excluding hydrogens is 202 g/mol. The van der Waals surface area contributed by atoms with Crippen molar-refractivity contribution in [3.8, 4) is 0 Å². The maximum Gasteiger partial charge on any atom is 0.221 e. The van der Waals surface area contributed by atoms with E-state index in [0.717, 1.165) is 32.5 Å². The van der Waals surface area contributed by atoms with Gasteiger partial charge in [0.15, 0.2) is 0 Å². The monoisotopic (exact) mass is 225 g/mol. The zero-order valence-corrected chi connectivity index (χ0v) is 10.3. The first-order valence-corrected chi connectivity index (χ1v) is 6.42. The van der Waals surface area contributed by atoms with E-state index in [1.165, 1.54) is 0 Å². The number of piperazine rings is 1. The molecule has 2 rings (SSSR count). The van der Waals surface area contributed by atoms with Crippen LogP contribution in [0.5, 0.6) is 0 Å². The Morgan fingerprint density at radius 2 is 2.19 bits per heavy atom. The van der Waals surface area contributed by atoms with Gasteiger partial charge in [0.1, 0.15) is 0 Å². The van der Waals surface area contributed by atoms with Gasteiger partial charge in [-0.2, -0.15) is 0 Å². The molecule has 2 aliphatic rings. The third kappa shape index (κ3) is 2.74. The number of carbonyl (C=O) groups is 1. The van der Waals surface area contributed by atoms with Crippen molar-refractivity contribution >= 4 is 5.91 Å². The standard InChI is InChI=1S/C12H23N3O/c1-9-8-15(10(2)7-14-9)11-4-3-5-13-12(16)6-11/h9-11,14H,3-8H2,1-2H3,(H,13,16). The maximum absolute atomic E-state index is 11.6. The first-order chi connectivity index (χ1) is 7.66. The van der Waals surface area contributed by atoms with Crippen molar-refractivity contribution < 1.29 is 4.79 Å². The summed E-state index contributed by atoms with van der Waals surface area (Å²) in [6.07, 6.45) is 2.94. The average Bonchev–Trinajstić information content (AvgIpc) is 2.46. The van der Waals surface area contributed by atoms with Crippen LogP contribution in [0.1, 0.15) is 33.1 Å². The van der Waals surface area contributed by atoms with E-state index in [9.17, 15) is 4.79 Å². The maximum atomic E-state index is 11.6. The highest BCUT2D eigenvalue weighted by Gasteiger charge is 2.30. The summed E-state index contributed by atoms with van der Waals surface area (Å²) in [5, 5.41) is 6.44. The molecule has 2 saturated heterocycles. The molecule has 0 aromatic heterocycles. The summed E-state index contributed by atoms with van der Waals surface area (Å²) in [7, 11) is 0. The zero-order chi connectivity index (χ0) is 11.5. The summed E-state index contributed by atoms with van der Waals surface area (Å²) < 4.78 is 0. The van der Waals surface area contributed by atoms with Crippen molar-refractivity contribution in [2.24, 2.45) is 0 Å². The molecule has 0 aromatic rings. The summed E-state index contributed by atoms with van der Waals surface area (Å²) in [5.41, 5.74) is 0. The molecule has 2 N–H and O–H groups in total. The Kier molecular flexibility index (Phi) is 3.82. The van der Waals surface area contributed by atoms with Crippen LogP contribution in [-0.2, 0) is 4.79 Å². The lowest BCUT2D eigenvalue weighted by atomic mass is 10.0. The number of rotatable bonds is 1. The fourth-order valence-electron chi connectivity index (χ4n) is 2.80. The highest BCUT2D eigenvalue weighted by atomic mass is 16.1. The highest BCUT2D eigenvalue weighted by molar-refractivity contribution is 5.76. The lowest BCUT2D eigenvalue weighted by Gasteiger charge is -2.42. The van der Waals surface area contributed by atoms with Crippen molar-refractivity contribution in [3.05, 3.63) is 0 Å². The third-order valence-electron chi connectivity index (χ3n) is 3.74. The van der Waals surface area contributed by atoms with Crippen LogP contribution in [0.15, 0.2) is 0 Å². The number of nitrogens with zero attached hydrogens (tertiary/aromatic N) is 1. The summed E-state index contributed by atoms with van der Waals surface area (Å²) in [6, 6.07) is 1.54. The van der Waals surface area contributed by atoms with Crippen LogP contribution >= 0.6 is 0 Å². The van der Waals surface area contributed by atoms with Gasteiger partial charge in [0.25, 0.3) is 0 Å². The molecule has 1 amide bonds. The molecule has 0 aromatic carbocycles. The molecule has 4 heteroatoms. The van der Waals surface area contributed by atoms with Gasteiger partial charge in [-0.05, 0) is 26.7 Å². The summed E-state index contributed by atoms with van der Waals surface area (Å²) in [5.74, 6) is 0.223. The lowest BCUT2D eigenvalue weighted by molar-refractivity contribution is -0.122. The molecule has 16 heavy (non-hydrogen) atoms. The van der Waals surface area contributed by atoms with Crippen LogP contribution < -0.4 is 10.6 Å². The second-order valence-electron chi connectivity index (χ2n) is 5.21. The molecule has 2 aliphatic heterocycles. The largest absolute Gasteiger partial charge is 0.356 e. The number of hydrogen-bond acceptors (Lipinski definition) is 3. The predicted molar refractivity (Wildman–Crippen MR) is 64.3 cm³/mol. The van der Waals surface area contributed by atoms with Crippen molar-refractivity contribution in [2.45, 2.75) is 51.2 Å². The third-order valence-corrected chi connectivity index (χ3v) is 3.74. The number of amides is 1. The molecule has 0 spiro atoms. The molecule has 3 atom stereocenters. The normalized spacial score (nSPS) is 37.9. The Labute approximate surface area is 97.8 Å². The molecule has 0 aliphatic carbocycles. The molecule has 2 heterocycles. The van der Waals surface area contributed by atoms with E-state index < -0.39 is 0 Å². The highest BCUT2D eigenvalue weighted by Crippen LogP contribution is 2.19. The Bertz CT molecular complexity index is 257. The van der Waals surface area contributed by atoms with Gasteiger partial charge >= 0.3 is 0 Å². The van der Waals surface area contributed by atoms with Gasteiger partial charge in [0.2, 0.25) is 5.91 Å². The minimum absolute atomic E-state index is 0.223. The molecule has 0 radical (unpaired) electrons. The summed E-state index contributed by atoms with van der Waals surface area (Å²) >= 11 is 0. The van der Waals surface area contributed by atoms with Gasteiger partial charge < -0.3 is 10.6 Å². The summed E-state index contributed by atoms with van der Waals surface area (Å²) in [4.78, 5) is 14.1. The van der Waals surface area contributed by atoms with E-state index in [1.54, 1.807) is 0 Å². The molecule has 3 unspecified atom stereocenters. The lowest BCUT2D eigenvalue weighted by Crippen LogP contribution is -2.57. The van der Waals surface area contributed by atoms with Crippen molar-refractivity contribution in [3.63, 3.8) is 0 Å². The predicted octanol–water partition coefficient (Wildman–Crippen LogP) is 0.337. The minimum atomic E-state index is 0.223. The Balaban J connectivity index is 2.00. The van der Waals surface area contributed by atoms with E-state index >= 15 is 0 Å². The number of carbonyl (C=O) groups excluding carboxylic acids is 1. The quantitative estimate of drug-likeness (QED) is 0.676. The van der Waals surface area contributed by atoms with Gasteiger partial charge in [0, 0.05) is 44.2 Å². The Morgan fingerprint density at radius 1 is 1.38 bits per heavy atom. The topological polar surface area (TPSA) is 44.4 Å². The molecule has 4 nitrogen and oxygen atoms in total. The van der Waals surface area contributed by atoms with Gasteiger partial charge in [-0.3, -0.25) is 9.69 Å². The van der Waals surface area contributed by atoms with Crippen molar-refractivity contribution in [2.75, 3.05) is 19.6 Å². The Hall–Kier alpha value is -0.610. The van der Waals surface area contributed by atoms with E-state index in [0.29, 0.717) is 24.5 Å². The van der Waals surface area contributed by atoms with Crippen LogP contribution in [0.3, 0.4) is 0 Å². The van der Waals surface area contributed by atoms with E-state index in [4.69, 9.17) is 0 Å². The van der Waals surface area contributed by atoms with E-state index in [-0.39, 0.29) is 5.91 Å². The molecular formula is C12H23N3O. The average molecular weight is 225 g/mol. The van der Waals surface area contributed by atoms with Crippen molar-refractivity contribution in [1.82, 2.24) is 15.5 Å². The van der Waals surface area contributed by atoms with Crippen LogP contribution in [0, 0.1) is 0 Å². The first kappa shape index (κ1) is 11.9. The van der Waals surface area contributed by atoms with Gasteiger partial charge in [-0.1, -0.05) is 0 Å². The smallest absolute Gasteiger partial charge is 0.221 e. The molecule has 0 saturated carbocycles. The number of nitrogens with one attached hydrogen (secondary N) is 2. The first-order valence-electron chi connectivity index (χ1n) is 6.42. The zero-order valence-electron chi connectivity index (χ0n) is 10.3. The fourth-order valence-corrected chi connectivity index (χ4v) is 2.80.